The molecule has 0 aliphatic rings. The predicted octanol–water partition coefficient (Wildman–Crippen LogP) is 2.29. The van der Waals surface area contributed by atoms with Crippen molar-refractivity contribution in [3.8, 4) is 11.5 Å². The van der Waals surface area contributed by atoms with E-state index in [1.54, 1.807) is 20.4 Å². The average molecular weight is 218 g/mol. The average Bonchev–Trinajstić information content (AvgIpc) is 2.36. The molecule has 0 saturated heterocycles. The number of nitrogens with zero attached hydrogens (tertiary/aromatic N) is 1. The molecule has 0 amide bonds. The van der Waals surface area contributed by atoms with Gasteiger partial charge in [0.15, 0.2) is 11.5 Å². The van der Waals surface area contributed by atoms with Gasteiger partial charge in [-0.1, -0.05) is 0 Å². The molecule has 0 saturated carbocycles. The lowest BCUT2D eigenvalue weighted by atomic mass is 10.1. The van der Waals surface area contributed by atoms with E-state index in [1.165, 1.54) is 0 Å². The summed E-state index contributed by atoms with van der Waals surface area (Å²) in [6, 6.07) is 5.81. The predicted molar refractivity (Wildman–Crippen MR) is 64.4 cm³/mol. The molecule has 0 radical (unpaired) electrons. The molecule has 0 spiro atoms. The number of aromatic nitrogens is 1. The maximum absolute atomic E-state index is 5.26. The number of fused-ring (bicyclic) bond motifs is 1. The van der Waals surface area contributed by atoms with Crippen LogP contribution in [0.15, 0.2) is 24.4 Å². The molecule has 4 nitrogen and oxygen atoms in total. The van der Waals surface area contributed by atoms with E-state index in [4.69, 9.17) is 9.47 Å². The van der Waals surface area contributed by atoms with E-state index in [1.807, 2.05) is 25.2 Å². The van der Waals surface area contributed by atoms with Crippen molar-refractivity contribution in [1.29, 1.82) is 0 Å². The second-order valence-corrected chi connectivity index (χ2v) is 3.34. The van der Waals surface area contributed by atoms with E-state index in [-0.39, 0.29) is 0 Å². The van der Waals surface area contributed by atoms with Crippen LogP contribution in [0.1, 0.15) is 0 Å². The summed E-state index contributed by atoms with van der Waals surface area (Å²) in [5, 5.41) is 5.13. The van der Waals surface area contributed by atoms with Gasteiger partial charge in [-0.05, 0) is 23.6 Å². The molecule has 4 heteroatoms. The van der Waals surface area contributed by atoms with Crippen molar-refractivity contribution in [1.82, 2.24) is 4.98 Å². The molecule has 0 atom stereocenters. The summed E-state index contributed by atoms with van der Waals surface area (Å²) < 4.78 is 10.5. The van der Waals surface area contributed by atoms with Gasteiger partial charge >= 0.3 is 0 Å². The number of nitrogens with one attached hydrogen (secondary N) is 1. The highest BCUT2D eigenvalue weighted by molar-refractivity contribution is 5.94. The summed E-state index contributed by atoms with van der Waals surface area (Å²) in [5.74, 6) is 2.27. The Morgan fingerprint density at radius 3 is 2.44 bits per heavy atom. The van der Waals surface area contributed by atoms with Gasteiger partial charge in [0.25, 0.3) is 0 Å². The van der Waals surface area contributed by atoms with E-state index in [2.05, 4.69) is 10.3 Å². The Kier molecular flexibility index (Phi) is 2.81. The van der Waals surface area contributed by atoms with Crippen LogP contribution in [0.3, 0.4) is 0 Å². The minimum absolute atomic E-state index is 0.708. The summed E-state index contributed by atoms with van der Waals surface area (Å²) in [6.07, 6.45) is 1.76. The van der Waals surface area contributed by atoms with Crippen molar-refractivity contribution in [2.75, 3.05) is 26.6 Å². The highest BCUT2D eigenvalue weighted by Crippen LogP contribution is 2.34. The Morgan fingerprint density at radius 2 is 1.81 bits per heavy atom. The molecule has 1 N–H and O–H groups in total. The smallest absolute Gasteiger partial charge is 0.161 e. The second kappa shape index (κ2) is 4.26. The Bertz CT molecular complexity index is 512. The topological polar surface area (TPSA) is 43.4 Å². The van der Waals surface area contributed by atoms with Crippen LogP contribution in [0.5, 0.6) is 11.5 Å². The molecular weight excluding hydrogens is 204 g/mol. The number of methoxy groups -OCH3 is 2. The lowest BCUT2D eigenvalue weighted by molar-refractivity contribution is 0.356. The van der Waals surface area contributed by atoms with Gasteiger partial charge in [0.05, 0.1) is 14.2 Å². The van der Waals surface area contributed by atoms with Gasteiger partial charge < -0.3 is 14.8 Å². The monoisotopic (exact) mass is 218 g/mol. The molecule has 1 heterocycles. The highest BCUT2D eigenvalue weighted by Gasteiger charge is 2.08. The molecular formula is C12H14N2O2. The van der Waals surface area contributed by atoms with Crippen LogP contribution in [-0.4, -0.2) is 26.3 Å². The lowest BCUT2D eigenvalue weighted by Gasteiger charge is -2.10. The third-order valence-corrected chi connectivity index (χ3v) is 2.51. The van der Waals surface area contributed by atoms with Crippen molar-refractivity contribution in [2.24, 2.45) is 0 Å². The normalized spacial score (nSPS) is 10.2. The number of pyridine rings is 1. The van der Waals surface area contributed by atoms with E-state index < -0.39 is 0 Å². The number of benzene rings is 1. The van der Waals surface area contributed by atoms with Crippen molar-refractivity contribution < 1.29 is 9.47 Å². The quantitative estimate of drug-likeness (QED) is 0.858. The van der Waals surface area contributed by atoms with Gasteiger partial charge in [-0.2, -0.15) is 0 Å². The summed E-state index contributed by atoms with van der Waals surface area (Å²) in [5.41, 5.74) is 0. The first-order chi connectivity index (χ1) is 7.80. The maximum atomic E-state index is 5.26. The van der Waals surface area contributed by atoms with E-state index in [0.29, 0.717) is 5.75 Å². The molecule has 1 aromatic carbocycles. The second-order valence-electron chi connectivity index (χ2n) is 3.34. The molecule has 0 unspecified atom stereocenters. The molecule has 0 aliphatic heterocycles. The highest BCUT2D eigenvalue weighted by atomic mass is 16.5. The minimum atomic E-state index is 0.708. The summed E-state index contributed by atoms with van der Waals surface area (Å²) in [4.78, 5) is 4.25. The van der Waals surface area contributed by atoms with Gasteiger partial charge in [-0.25, -0.2) is 4.98 Å². The SMILES string of the molecule is CNc1nccc2cc(OC)c(OC)cc12. The van der Waals surface area contributed by atoms with Crippen LogP contribution in [0, 0.1) is 0 Å². The van der Waals surface area contributed by atoms with Crippen LogP contribution >= 0.6 is 0 Å². The molecule has 0 fully saturated rings. The first-order valence-electron chi connectivity index (χ1n) is 4.98. The van der Waals surface area contributed by atoms with Crippen molar-refractivity contribution >= 4 is 16.6 Å². The largest absolute Gasteiger partial charge is 0.493 e. The standard InChI is InChI=1S/C12H14N2O2/c1-13-12-9-7-11(16-3)10(15-2)6-8(9)4-5-14-12/h4-7H,1-3H3,(H,13,14). The molecule has 2 rings (SSSR count). The van der Waals surface area contributed by atoms with Gasteiger partial charge in [0.2, 0.25) is 0 Å². The van der Waals surface area contributed by atoms with Crippen molar-refractivity contribution in [3.05, 3.63) is 24.4 Å². The molecule has 0 bridgehead atoms. The van der Waals surface area contributed by atoms with Crippen LogP contribution in [0.2, 0.25) is 0 Å². The van der Waals surface area contributed by atoms with Gasteiger partial charge in [0.1, 0.15) is 5.82 Å². The number of rotatable bonds is 3. The third kappa shape index (κ3) is 1.62. The summed E-state index contributed by atoms with van der Waals surface area (Å²) >= 11 is 0. The molecule has 0 aliphatic carbocycles. The minimum Gasteiger partial charge on any atom is -0.493 e. The van der Waals surface area contributed by atoms with Crippen LogP contribution in [0.25, 0.3) is 10.8 Å². The first-order valence-corrected chi connectivity index (χ1v) is 4.98. The number of hydrogen-bond acceptors (Lipinski definition) is 4. The fourth-order valence-corrected chi connectivity index (χ4v) is 1.70. The van der Waals surface area contributed by atoms with Crippen LogP contribution < -0.4 is 14.8 Å². The fourth-order valence-electron chi connectivity index (χ4n) is 1.70. The van der Waals surface area contributed by atoms with Crippen LogP contribution in [-0.2, 0) is 0 Å². The first kappa shape index (κ1) is 10.5. The molecule has 1 aromatic heterocycles. The van der Waals surface area contributed by atoms with Gasteiger partial charge in [0, 0.05) is 18.6 Å². The van der Waals surface area contributed by atoms with Gasteiger partial charge in [-0.15, -0.1) is 0 Å². The Hall–Kier alpha value is -1.97. The Labute approximate surface area is 94.2 Å². The zero-order valence-corrected chi connectivity index (χ0v) is 9.57. The molecule has 84 valence electrons. The van der Waals surface area contributed by atoms with Crippen molar-refractivity contribution in [3.63, 3.8) is 0 Å². The number of ether oxygens (including phenoxy) is 2. The summed E-state index contributed by atoms with van der Waals surface area (Å²) in [6.45, 7) is 0. The number of hydrogen-bond donors (Lipinski definition) is 1. The summed E-state index contributed by atoms with van der Waals surface area (Å²) in [7, 11) is 5.10. The zero-order valence-electron chi connectivity index (χ0n) is 9.57. The van der Waals surface area contributed by atoms with Crippen molar-refractivity contribution in [2.45, 2.75) is 0 Å². The Morgan fingerprint density at radius 1 is 1.12 bits per heavy atom. The maximum Gasteiger partial charge on any atom is 0.161 e. The van der Waals surface area contributed by atoms with E-state index >= 15 is 0 Å². The van der Waals surface area contributed by atoms with E-state index in [9.17, 15) is 0 Å². The number of anilines is 1. The van der Waals surface area contributed by atoms with Gasteiger partial charge in [-0.3, -0.25) is 0 Å². The fraction of sp³-hybridized carbons (Fsp3) is 0.250. The molecule has 2 aromatic rings. The van der Waals surface area contributed by atoms with Crippen LogP contribution in [0.4, 0.5) is 5.82 Å². The lowest BCUT2D eigenvalue weighted by Crippen LogP contribution is -1.95. The Balaban J connectivity index is 2.72. The van der Waals surface area contributed by atoms with E-state index in [0.717, 1.165) is 22.3 Å². The third-order valence-electron chi connectivity index (χ3n) is 2.51. The zero-order chi connectivity index (χ0) is 11.5. The molecule has 16 heavy (non-hydrogen) atoms.